The van der Waals surface area contributed by atoms with Gasteiger partial charge < -0.3 is 19.9 Å². The quantitative estimate of drug-likeness (QED) is 0.647. The first-order valence-electron chi connectivity index (χ1n) is 6.32. The molecule has 4 nitrogen and oxygen atoms in total. The fourth-order valence-electron chi connectivity index (χ4n) is 2.33. The molecule has 16 heavy (non-hydrogen) atoms. The van der Waals surface area contributed by atoms with E-state index >= 15 is 0 Å². The largest absolute Gasteiger partial charge is 0.396 e. The smallest absolute Gasteiger partial charge is 0.0579 e. The molecule has 2 aliphatic rings. The Morgan fingerprint density at radius 3 is 2.50 bits per heavy atom. The van der Waals surface area contributed by atoms with Gasteiger partial charge in [-0.2, -0.15) is 0 Å². The standard InChI is InChI=1S/C12H23NO3/c14-8-12(9-16-10-12)7-13-4-1-11-2-5-15-6-3-11/h11,13-14H,1-10H2. The summed E-state index contributed by atoms with van der Waals surface area (Å²) in [5.74, 6) is 0.823. The summed E-state index contributed by atoms with van der Waals surface area (Å²) in [5, 5.41) is 12.7. The zero-order valence-corrected chi connectivity index (χ0v) is 9.91. The van der Waals surface area contributed by atoms with E-state index in [1.54, 1.807) is 0 Å². The van der Waals surface area contributed by atoms with E-state index in [4.69, 9.17) is 9.47 Å². The number of aliphatic hydroxyl groups is 1. The first-order chi connectivity index (χ1) is 7.85. The van der Waals surface area contributed by atoms with Crippen LogP contribution in [0.15, 0.2) is 0 Å². The lowest BCUT2D eigenvalue weighted by Gasteiger charge is -2.40. The van der Waals surface area contributed by atoms with Crippen LogP contribution in [0.1, 0.15) is 19.3 Å². The van der Waals surface area contributed by atoms with E-state index in [-0.39, 0.29) is 12.0 Å². The fraction of sp³-hybridized carbons (Fsp3) is 1.00. The Morgan fingerprint density at radius 2 is 1.94 bits per heavy atom. The molecule has 0 spiro atoms. The zero-order chi connectivity index (χ0) is 11.3. The molecule has 2 heterocycles. The third kappa shape index (κ3) is 3.17. The number of ether oxygens (including phenoxy) is 2. The van der Waals surface area contributed by atoms with Gasteiger partial charge in [-0.25, -0.2) is 0 Å². The van der Waals surface area contributed by atoms with Gasteiger partial charge in [-0.05, 0) is 31.7 Å². The first-order valence-corrected chi connectivity index (χ1v) is 6.32. The van der Waals surface area contributed by atoms with Crippen molar-refractivity contribution >= 4 is 0 Å². The van der Waals surface area contributed by atoms with Gasteiger partial charge in [0.1, 0.15) is 0 Å². The molecule has 0 radical (unpaired) electrons. The molecule has 0 saturated carbocycles. The monoisotopic (exact) mass is 229 g/mol. The number of nitrogens with one attached hydrogen (secondary N) is 1. The van der Waals surface area contributed by atoms with Gasteiger partial charge in [0.05, 0.1) is 25.2 Å². The normalized spacial score (nSPS) is 25.3. The molecule has 0 aromatic rings. The van der Waals surface area contributed by atoms with Crippen LogP contribution in [-0.4, -0.2) is 51.2 Å². The lowest BCUT2D eigenvalue weighted by molar-refractivity contribution is -0.134. The molecule has 0 unspecified atom stereocenters. The molecule has 0 aliphatic carbocycles. The van der Waals surface area contributed by atoms with E-state index in [2.05, 4.69) is 5.32 Å². The molecule has 4 heteroatoms. The summed E-state index contributed by atoms with van der Waals surface area (Å²) in [7, 11) is 0. The van der Waals surface area contributed by atoms with E-state index in [1.165, 1.54) is 19.3 Å². The minimum Gasteiger partial charge on any atom is -0.396 e. The van der Waals surface area contributed by atoms with E-state index < -0.39 is 0 Å². The predicted octanol–water partition coefficient (Wildman–Crippen LogP) is 0.402. The zero-order valence-electron chi connectivity index (χ0n) is 9.91. The molecule has 2 fully saturated rings. The maximum atomic E-state index is 9.25. The molecule has 2 rings (SSSR count). The van der Waals surface area contributed by atoms with Crippen LogP contribution in [0.2, 0.25) is 0 Å². The van der Waals surface area contributed by atoms with Gasteiger partial charge in [0, 0.05) is 19.8 Å². The van der Waals surface area contributed by atoms with Crippen LogP contribution in [0.3, 0.4) is 0 Å². The van der Waals surface area contributed by atoms with Crippen LogP contribution < -0.4 is 5.32 Å². The molecule has 0 bridgehead atoms. The highest BCUT2D eigenvalue weighted by Crippen LogP contribution is 2.25. The van der Waals surface area contributed by atoms with Crippen molar-refractivity contribution in [1.29, 1.82) is 0 Å². The van der Waals surface area contributed by atoms with Gasteiger partial charge >= 0.3 is 0 Å². The van der Waals surface area contributed by atoms with Crippen LogP contribution in [0.5, 0.6) is 0 Å². The summed E-state index contributed by atoms with van der Waals surface area (Å²) in [4.78, 5) is 0. The van der Waals surface area contributed by atoms with Crippen molar-refractivity contribution in [3.63, 3.8) is 0 Å². The summed E-state index contributed by atoms with van der Waals surface area (Å²) >= 11 is 0. The van der Waals surface area contributed by atoms with Crippen molar-refractivity contribution in [3.8, 4) is 0 Å². The van der Waals surface area contributed by atoms with Gasteiger partial charge in [-0.15, -0.1) is 0 Å². The van der Waals surface area contributed by atoms with Crippen LogP contribution in [0.4, 0.5) is 0 Å². The summed E-state index contributed by atoms with van der Waals surface area (Å²) in [6.07, 6.45) is 3.64. The lowest BCUT2D eigenvalue weighted by Crippen LogP contribution is -2.52. The second-order valence-electron chi connectivity index (χ2n) is 5.17. The maximum absolute atomic E-state index is 9.25. The van der Waals surface area contributed by atoms with Crippen LogP contribution >= 0.6 is 0 Å². The predicted molar refractivity (Wildman–Crippen MR) is 61.4 cm³/mol. The summed E-state index contributed by atoms with van der Waals surface area (Å²) < 4.78 is 10.5. The van der Waals surface area contributed by atoms with E-state index in [1.807, 2.05) is 0 Å². The molecule has 2 N–H and O–H groups in total. The van der Waals surface area contributed by atoms with Crippen molar-refractivity contribution < 1.29 is 14.6 Å². The number of hydrogen-bond donors (Lipinski definition) is 2. The molecule has 0 aromatic carbocycles. The molecular weight excluding hydrogens is 206 g/mol. The highest BCUT2D eigenvalue weighted by atomic mass is 16.5. The van der Waals surface area contributed by atoms with Crippen molar-refractivity contribution in [1.82, 2.24) is 5.32 Å². The van der Waals surface area contributed by atoms with E-state index in [0.717, 1.165) is 32.2 Å². The van der Waals surface area contributed by atoms with E-state index in [0.29, 0.717) is 13.2 Å². The fourth-order valence-corrected chi connectivity index (χ4v) is 2.33. The summed E-state index contributed by atoms with van der Waals surface area (Å²) in [6.45, 7) is 5.43. The van der Waals surface area contributed by atoms with Gasteiger partial charge in [0.2, 0.25) is 0 Å². The highest BCUT2D eigenvalue weighted by molar-refractivity contribution is 4.87. The lowest BCUT2D eigenvalue weighted by atomic mass is 9.87. The average molecular weight is 229 g/mol. The number of rotatable bonds is 6. The van der Waals surface area contributed by atoms with Gasteiger partial charge in [-0.3, -0.25) is 0 Å². The molecule has 0 amide bonds. The van der Waals surface area contributed by atoms with Gasteiger partial charge in [0.15, 0.2) is 0 Å². The number of hydrogen-bond acceptors (Lipinski definition) is 4. The van der Waals surface area contributed by atoms with Crippen molar-refractivity contribution in [3.05, 3.63) is 0 Å². The van der Waals surface area contributed by atoms with Crippen LogP contribution in [-0.2, 0) is 9.47 Å². The second-order valence-corrected chi connectivity index (χ2v) is 5.17. The Kier molecular flexibility index (Phi) is 4.58. The van der Waals surface area contributed by atoms with Crippen LogP contribution in [0.25, 0.3) is 0 Å². The van der Waals surface area contributed by atoms with Crippen molar-refractivity contribution in [2.45, 2.75) is 19.3 Å². The number of aliphatic hydroxyl groups excluding tert-OH is 1. The topological polar surface area (TPSA) is 50.7 Å². The minimum atomic E-state index is 0.00960. The molecule has 2 aliphatic heterocycles. The molecule has 94 valence electrons. The molecule has 0 aromatic heterocycles. The maximum Gasteiger partial charge on any atom is 0.0579 e. The van der Waals surface area contributed by atoms with Crippen molar-refractivity contribution in [2.75, 3.05) is 46.1 Å². The second kappa shape index (κ2) is 5.96. The van der Waals surface area contributed by atoms with E-state index in [9.17, 15) is 5.11 Å². The Labute approximate surface area is 97.3 Å². The molecular formula is C12H23NO3. The van der Waals surface area contributed by atoms with Crippen LogP contribution in [0, 0.1) is 11.3 Å². The molecule has 2 saturated heterocycles. The Hall–Kier alpha value is -0.160. The third-order valence-corrected chi connectivity index (χ3v) is 3.72. The Balaban J connectivity index is 1.54. The summed E-state index contributed by atoms with van der Waals surface area (Å²) in [6, 6.07) is 0. The van der Waals surface area contributed by atoms with Gasteiger partial charge in [-0.1, -0.05) is 0 Å². The minimum absolute atomic E-state index is 0.00960. The average Bonchev–Trinajstić information content (AvgIpc) is 2.29. The van der Waals surface area contributed by atoms with Gasteiger partial charge in [0.25, 0.3) is 0 Å². The first kappa shape index (κ1) is 12.3. The molecule has 0 atom stereocenters. The summed E-state index contributed by atoms with van der Waals surface area (Å²) in [5.41, 5.74) is 0.00960. The SMILES string of the molecule is OCC1(CNCCC2CCOCC2)COC1. The Morgan fingerprint density at radius 1 is 1.19 bits per heavy atom. The third-order valence-electron chi connectivity index (χ3n) is 3.72. The van der Waals surface area contributed by atoms with Crippen molar-refractivity contribution in [2.24, 2.45) is 11.3 Å². The highest BCUT2D eigenvalue weighted by Gasteiger charge is 2.37. The Bertz CT molecular complexity index is 195.